The van der Waals surface area contributed by atoms with Crippen LogP contribution in [0.2, 0.25) is 0 Å². The second-order valence-corrected chi connectivity index (χ2v) is 4.71. The first kappa shape index (κ1) is 13.1. The van der Waals surface area contributed by atoms with Gasteiger partial charge >= 0.3 is 0 Å². The summed E-state index contributed by atoms with van der Waals surface area (Å²) in [6.45, 7) is 9.58. The fraction of sp³-hybridized carbons (Fsp3) is 0.667. The molecule has 0 atom stereocenters. The first-order valence-corrected chi connectivity index (χ1v) is 6.67. The van der Waals surface area contributed by atoms with Gasteiger partial charge in [-0.05, 0) is 19.5 Å². The molecule has 0 unspecified atom stereocenters. The smallest absolute Gasteiger partial charge is 0.128 e. The second kappa shape index (κ2) is 6.62. The van der Waals surface area contributed by atoms with Gasteiger partial charge in [-0.1, -0.05) is 20.8 Å². The third-order valence-electron chi connectivity index (χ3n) is 2.71. The number of likely N-dealkylation sites (N-methyl/N-ethyl adjacent to an activating group) is 1. The summed E-state index contributed by atoms with van der Waals surface area (Å²) >= 11 is 1.55. The largest absolute Gasteiger partial charge is 0.303 e. The number of aromatic nitrogens is 1. The summed E-state index contributed by atoms with van der Waals surface area (Å²) < 4.78 is 0. The van der Waals surface area contributed by atoms with Crippen LogP contribution in [-0.2, 0) is 12.8 Å². The molecule has 3 nitrogen and oxygen atoms in total. The molecule has 0 aliphatic rings. The van der Waals surface area contributed by atoms with Gasteiger partial charge < -0.3 is 4.90 Å². The zero-order valence-corrected chi connectivity index (χ0v) is 11.1. The Balaban J connectivity index is 2.61. The molecule has 0 aliphatic heterocycles. The predicted molar refractivity (Wildman–Crippen MR) is 67.7 cm³/mol. The Hall–Kier alpha value is -0.920. The third-order valence-corrected chi connectivity index (χ3v) is 3.78. The van der Waals surface area contributed by atoms with Gasteiger partial charge in [-0.3, -0.25) is 0 Å². The van der Waals surface area contributed by atoms with Gasteiger partial charge in [-0.25, -0.2) is 4.98 Å². The molecule has 1 aromatic heterocycles. The summed E-state index contributed by atoms with van der Waals surface area (Å²) in [5, 5.41) is 10.0. The van der Waals surface area contributed by atoms with Crippen LogP contribution in [0.15, 0.2) is 0 Å². The average molecular weight is 237 g/mol. The van der Waals surface area contributed by atoms with Crippen molar-refractivity contribution in [3.63, 3.8) is 0 Å². The number of hydrogen-bond acceptors (Lipinski definition) is 4. The maximum atomic E-state index is 8.94. The van der Waals surface area contributed by atoms with Crippen LogP contribution in [0.5, 0.6) is 0 Å². The summed E-state index contributed by atoms with van der Waals surface area (Å²) in [5.74, 6) is 0. The van der Waals surface area contributed by atoms with E-state index in [-0.39, 0.29) is 0 Å². The maximum Gasteiger partial charge on any atom is 0.128 e. The lowest BCUT2D eigenvalue weighted by Gasteiger charge is -2.16. The Kier molecular flexibility index (Phi) is 5.44. The van der Waals surface area contributed by atoms with Crippen LogP contribution >= 0.6 is 11.3 Å². The van der Waals surface area contributed by atoms with E-state index in [0.29, 0.717) is 0 Å². The van der Waals surface area contributed by atoms with Crippen molar-refractivity contribution in [3.8, 4) is 6.07 Å². The van der Waals surface area contributed by atoms with E-state index in [2.05, 4.69) is 29.8 Å². The molecule has 16 heavy (non-hydrogen) atoms. The Morgan fingerprint density at radius 1 is 1.31 bits per heavy atom. The molecule has 0 spiro atoms. The Morgan fingerprint density at radius 2 is 2.00 bits per heavy atom. The first-order chi connectivity index (χ1) is 7.74. The van der Waals surface area contributed by atoms with Crippen molar-refractivity contribution >= 4 is 11.3 Å². The van der Waals surface area contributed by atoms with Crippen molar-refractivity contribution in [2.45, 2.75) is 33.6 Å². The van der Waals surface area contributed by atoms with E-state index >= 15 is 0 Å². The Labute approximate surface area is 102 Å². The first-order valence-electron chi connectivity index (χ1n) is 5.86. The SMILES string of the molecule is CCc1nc(CCN(CC)CC)sc1C#N. The highest BCUT2D eigenvalue weighted by Crippen LogP contribution is 2.18. The minimum Gasteiger partial charge on any atom is -0.303 e. The molecule has 1 rings (SSSR count). The van der Waals surface area contributed by atoms with Crippen LogP contribution in [0.1, 0.15) is 36.3 Å². The Morgan fingerprint density at radius 3 is 2.44 bits per heavy atom. The molecule has 88 valence electrons. The Bertz CT molecular complexity index is 361. The van der Waals surface area contributed by atoms with E-state index in [1.807, 2.05) is 6.92 Å². The monoisotopic (exact) mass is 237 g/mol. The lowest BCUT2D eigenvalue weighted by molar-refractivity contribution is 0.308. The molecular weight excluding hydrogens is 218 g/mol. The summed E-state index contributed by atoms with van der Waals surface area (Å²) in [7, 11) is 0. The molecule has 0 N–H and O–H groups in total. The van der Waals surface area contributed by atoms with Gasteiger partial charge in [0.1, 0.15) is 10.9 Å². The van der Waals surface area contributed by atoms with Crippen molar-refractivity contribution in [2.75, 3.05) is 19.6 Å². The molecule has 0 fully saturated rings. The van der Waals surface area contributed by atoms with E-state index in [1.54, 1.807) is 11.3 Å². The van der Waals surface area contributed by atoms with Gasteiger partial charge in [0.25, 0.3) is 0 Å². The minimum absolute atomic E-state index is 0.789. The number of thiazole rings is 1. The molecule has 0 aliphatic carbocycles. The number of nitriles is 1. The van der Waals surface area contributed by atoms with Crippen molar-refractivity contribution in [1.29, 1.82) is 5.26 Å². The maximum absolute atomic E-state index is 8.94. The van der Waals surface area contributed by atoms with Crippen LogP contribution < -0.4 is 0 Å². The van der Waals surface area contributed by atoms with Gasteiger partial charge in [0.05, 0.1) is 10.7 Å². The van der Waals surface area contributed by atoms with Gasteiger partial charge in [0.15, 0.2) is 0 Å². The predicted octanol–water partition coefficient (Wildman–Crippen LogP) is 2.46. The highest BCUT2D eigenvalue weighted by atomic mass is 32.1. The highest BCUT2D eigenvalue weighted by molar-refractivity contribution is 7.12. The number of nitrogens with zero attached hydrogens (tertiary/aromatic N) is 3. The molecule has 1 aromatic rings. The van der Waals surface area contributed by atoms with Crippen LogP contribution in [-0.4, -0.2) is 29.5 Å². The van der Waals surface area contributed by atoms with E-state index < -0.39 is 0 Å². The zero-order chi connectivity index (χ0) is 12.0. The lowest BCUT2D eigenvalue weighted by atomic mass is 10.3. The molecule has 0 saturated heterocycles. The van der Waals surface area contributed by atoms with Crippen molar-refractivity contribution in [2.24, 2.45) is 0 Å². The average Bonchev–Trinajstić information content (AvgIpc) is 2.73. The normalized spacial score (nSPS) is 10.7. The van der Waals surface area contributed by atoms with E-state index in [4.69, 9.17) is 5.26 Å². The standard InChI is InChI=1S/C12H19N3S/c1-4-10-11(9-13)16-12(14-10)7-8-15(5-2)6-3/h4-8H2,1-3H3. The molecule has 0 bridgehead atoms. The fourth-order valence-corrected chi connectivity index (χ4v) is 2.57. The highest BCUT2D eigenvalue weighted by Gasteiger charge is 2.09. The summed E-state index contributed by atoms with van der Waals surface area (Å²) in [6.07, 6.45) is 1.81. The molecule has 0 saturated carbocycles. The van der Waals surface area contributed by atoms with Crippen molar-refractivity contribution < 1.29 is 0 Å². The fourth-order valence-electron chi connectivity index (χ4n) is 1.63. The van der Waals surface area contributed by atoms with Crippen LogP contribution in [0.25, 0.3) is 0 Å². The number of aryl methyl sites for hydroxylation is 1. The van der Waals surface area contributed by atoms with Gasteiger partial charge in [0, 0.05) is 13.0 Å². The summed E-state index contributed by atoms with van der Waals surface area (Å²) in [5.41, 5.74) is 0.960. The van der Waals surface area contributed by atoms with E-state index in [1.165, 1.54) is 0 Å². The molecule has 0 radical (unpaired) electrons. The molecule has 0 amide bonds. The van der Waals surface area contributed by atoms with Gasteiger partial charge in [-0.15, -0.1) is 11.3 Å². The minimum atomic E-state index is 0.789. The van der Waals surface area contributed by atoms with Crippen molar-refractivity contribution in [3.05, 3.63) is 15.6 Å². The molecular formula is C12H19N3S. The number of hydrogen-bond donors (Lipinski definition) is 0. The van der Waals surface area contributed by atoms with E-state index in [0.717, 1.165) is 48.1 Å². The van der Waals surface area contributed by atoms with Crippen LogP contribution in [0.3, 0.4) is 0 Å². The topological polar surface area (TPSA) is 39.9 Å². The second-order valence-electron chi connectivity index (χ2n) is 3.63. The third kappa shape index (κ3) is 3.29. The van der Waals surface area contributed by atoms with Crippen molar-refractivity contribution in [1.82, 2.24) is 9.88 Å². The molecule has 1 heterocycles. The summed E-state index contributed by atoms with van der Waals surface area (Å²) in [6, 6.07) is 2.22. The van der Waals surface area contributed by atoms with Crippen LogP contribution in [0, 0.1) is 11.3 Å². The molecule has 4 heteroatoms. The van der Waals surface area contributed by atoms with Gasteiger partial charge in [-0.2, -0.15) is 5.26 Å². The van der Waals surface area contributed by atoms with Crippen LogP contribution in [0.4, 0.5) is 0 Å². The lowest BCUT2D eigenvalue weighted by Crippen LogP contribution is -2.25. The zero-order valence-electron chi connectivity index (χ0n) is 10.3. The summed E-state index contributed by atoms with van der Waals surface area (Å²) in [4.78, 5) is 7.67. The quantitative estimate of drug-likeness (QED) is 0.763. The number of rotatable bonds is 6. The molecule has 0 aromatic carbocycles. The van der Waals surface area contributed by atoms with Gasteiger partial charge in [0.2, 0.25) is 0 Å². The van der Waals surface area contributed by atoms with E-state index in [9.17, 15) is 0 Å².